The number of thiazole rings is 1. The lowest BCUT2D eigenvalue weighted by Gasteiger charge is -2.27. The number of benzene rings is 1. The van der Waals surface area contributed by atoms with Crippen LogP contribution in [0.5, 0.6) is 5.19 Å². The zero-order valence-corrected chi connectivity index (χ0v) is 14.0. The number of nitrogens with zero attached hydrogens (tertiary/aromatic N) is 2. The quantitative estimate of drug-likeness (QED) is 0.910. The van der Waals surface area contributed by atoms with Crippen LogP contribution in [0.15, 0.2) is 30.5 Å². The SMILES string of the molecule is COc1ncc(Cc2ccc(N(C(N)=O)C3CCCC3)cc2)s1. The summed E-state index contributed by atoms with van der Waals surface area (Å²) < 4.78 is 5.12. The number of anilines is 1. The molecule has 1 heterocycles. The maximum Gasteiger partial charge on any atom is 0.319 e. The Hall–Kier alpha value is -2.08. The smallest absolute Gasteiger partial charge is 0.319 e. The molecule has 5 nitrogen and oxygen atoms in total. The van der Waals surface area contributed by atoms with Gasteiger partial charge in [0.1, 0.15) is 0 Å². The van der Waals surface area contributed by atoms with E-state index < -0.39 is 0 Å². The van der Waals surface area contributed by atoms with Crippen molar-refractivity contribution >= 4 is 23.1 Å². The van der Waals surface area contributed by atoms with Gasteiger partial charge in [-0.25, -0.2) is 9.78 Å². The summed E-state index contributed by atoms with van der Waals surface area (Å²) in [6.45, 7) is 0. The van der Waals surface area contributed by atoms with Crippen molar-refractivity contribution in [1.29, 1.82) is 0 Å². The van der Waals surface area contributed by atoms with Crippen LogP contribution in [0.2, 0.25) is 0 Å². The molecule has 122 valence electrons. The minimum Gasteiger partial charge on any atom is -0.473 e. The zero-order chi connectivity index (χ0) is 16.2. The summed E-state index contributed by atoms with van der Waals surface area (Å²) in [6, 6.07) is 7.94. The molecule has 1 saturated carbocycles. The normalized spacial score (nSPS) is 14.8. The molecule has 1 fully saturated rings. The molecule has 0 spiro atoms. The minimum atomic E-state index is -0.364. The summed E-state index contributed by atoms with van der Waals surface area (Å²) in [5, 5.41) is 0.678. The van der Waals surface area contributed by atoms with Crippen LogP contribution in [0.25, 0.3) is 0 Å². The van der Waals surface area contributed by atoms with Gasteiger partial charge in [0.05, 0.1) is 7.11 Å². The number of methoxy groups -OCH3 is 1. The number of aromatic nitrogens is 1. The number of hydrogen-bond donors (Lipinski definition) is 1. The molecule has 23 heavy (non-hydrogen) atoms. The molecule has 2 N–H and O–H groups in total. The van der Waals surface area contributed by atoms with Crippen molar-refractivity contribution < 1.29 is 9.53 Å². The summed E-state index contributed by atoms with van der Waals surface area (Å²) >= 11 is 1.55. The lowest BCUT2D eigenvalue weighted by Crippen LogP contribution is -2.42. The number of nitrogens with two attached hydrogens (primary N) is 1. The number of carbonyl (C=O) groups excluding carboxylic acids is 1. The number of carbonyl (C=O) groups is 1. The van der Waals surface area contributed by atoms with Crippen molar-refractivity contribution in [2.45, 2.75) is 38.1 Å². The van der Waals surface area contributed by atoms with Crippen LogP contribution in [0.4, 0.5) is 10.5 Å². The Morgan fingerprint density at radius 2 is 2.04 bits per heavy atom. The topological polar surface area (TPSA) is 68.4 Å². The third-order valence-corrected chi connectivity index (χ3v) is 5.19. The lowest BCUT2D eigenvalue weighted by molar-refractivity contribution is 0.251. The Kier molecular flexibility index (Phi) is 4.81. The molecule has 0 aliphatic heterocycles. The third-order valence-electron chi connectivity index (χ3n) is 4.23. The first kappa shape index (κ1) is 15.8. The molecule has 1 aromatic heterocycles. The standard InChI is InChI=1S/C17H21N3O2S/c1-22-17-19-11-15(23-17)10-12-6-8-14(9-7-12)20(16(18)21)13-4-2-3-5-13/h6-9,11,13H,2-5,10H2,1H3,(H2,18,21). The van der Waals surface area contributed by atoms with Gasteiger partial charge < -0.3 is 10.5 Å². The van der Waals surface area contributed by atoms with Gasteiger partial charge in [-0.3, -0.25) is 4.90 Å². The van der Waals surface area contributed by atoms with Crippen LogP contribution in [0.3, 0.4) is 0 Å². The molecule has 0 radical (unpaired) electrons. The van der Waals surface area contributed by atoms with E-state index in [1.165, 1.54) is 18.4 Å². The fraction of sp³-hybridized carbons (Fsp3) is 0.412. The molecule has 0 bridgehead atoms. The molecule has 0 unspecified atom stereocenters. The van der Waals surface area contributed by atoms with E-state index in [0.29, 0.717) is 5.19 Å². The molecular weight excluding hydrogens is 310 g/mol. The van der Waals surface area contributed by atoms with E-state index in [9.17, 15) is 4.79 Å². The number of hydrogen-bond acceptors (Lipinski definition) is 4. The lowest BCUT2D eigenvalue weighted by atomic mass is 10.1. The predicted octanol–water partition coefficient (Wildman–Crippen LogP) is 3.57. The van der Waals surface area contributed by atoms with Crippen LogP contribution in [0, 0.1) is 0 Å². The van der Waals surface area contributed by atoms with Crippen LogP contribution in [-0.4, -0.2) is 24.2 Å². The Balaban J connectivity index is 1.73. The fourth-order valence-electron chi connectivity index (χ4n) is 3.12. The molecule has 0 saturated heterocycles. The van der Waals surface area contributed by atoms with Crippen LogP contribution < -0.4 is 15.4 Å². The van der Waals surface area contributed by atoms with Crippen molar-refractivity contribution in [3.63, 3.8) is 0 Å². The monoisotopic (exact) mass is 331 g/mol. The summed E-state index contributed by atoms with van der Waals surface area (Å²) in [5.41, 5.74) is 7.66. The minimum absolute atomic E-state index is 0.240. The summed E-state index contributed by atoms with van der Waals surface area (Å²) in [5.74, 6) is 0. The second-order valence-electron chi connectivity index (χ2n) is 5.79. The maximum atomic E-state index is 11.8. The van der Waals surface area contributed by atoms with Gasteiger partial charge in [-0.05, 0) is 30.5 Å². The Labute approximate surface area is 140 Å². The molecule has 1 aliphatic rings. The highest BCUT2D eigenvalue weighted by molar-refractivity contribution is 7.13. The molecule has 3 rings (SSSR count). The van der Waals surface area contributed by atoms with Crippen molar-refractivity contribution in [1.82, 2.24) is 4.98 Å². The van der Waals surface area contributed by atoms with Gasteiger partial charge in [-0.2, -0.15) is 0 Å². The number of ether oxygens (including phenoxy) is 1. The number of rotatable bonds is 5. The average Bonchev–Trinajstić information content (AvgIpc) is 3.20. The van der Waals surface area contributed by atoms with Crippen LogP contribution >= 0.6 is 11.3 Å². The van der Waals surface area contributed by atoms with Crippen molar-refractivity contribution in [2.24, 2.45) is 5.73 Å². The predicted molar refractivity (Wildman–Crippen MR) is 92.2 cm³/mol. The second-order valence-corrected chi connectivity index (χ2v) is 6.86. The van der Waals surface area contributed by atoms with Crippen molar-refractivity contribution in [2.75, 3.05) is 12.0 Å². The first-order valence-electron chi connectivity index (χ1n) is 7.83. The summed E-state index contributed by atoms with van der Waals surface area (Å²) in [7, 11) is 1.62. The Morgan fingerprint density at radius 1 is 1.35 bits per heavy atom. The van der Waals surface area contributed by atoms with Crippen molar-refractivity contribution in [3.8, 4) is 5.19 Å². The molecule has 0 atom stereocenters. The largest absolute Gasteiger partial charge is 0.473 e. The van der Waals surface area contributed by atoms with E-state index in [4.69, 9.17) is 10.5 Å². The fourth-order valence-corrected chi connectivity index (χ4v) is 3.88. The van der Waals surface area contributed by atoms with Gasteiger partial charge in [-0.15, -0.1) is 0 Å². The highest BCUT2D eigenvalue weighted by Crippen LogP contribution is 2.29. The summed E-state index contributed by atoms with van der Waals surface area (Å²) in [4.78, 5) is 18.9. The second kappa shape index (κ2) is 7.00. The highest BCUT2D eigenvalue weighted by atomic mass is 32.1. The van der Waals surface area contributed by atoms with Crippen LogP contribution in [-0.2, 0) is 6.42 Å². The summed E-state index contributed by atoms with van der Waals surface area (Å²) in [6.07, 6.45) is 7.04. The van der Waals surface area contributed by atoms with E-state index in [-0.39, 0.29) is 12.1 Å². The van der Waals surface area contributed by atoms with E-state index in [2.05, 4.69) is 4.98 Å². The van der Waals surface area contributed by atoms with Gasteiger partial charge in [0.25, 0.3) is 5.19 Å². The molecule has 2 amide bonds. The highest BCUT2D eigenvalue weighted by Gasteiger charge is 2.26. The van der Waals surface area contributed by atoms with E-state index in [1.54, 1.807) is 23.3 Å². The number of primary amides is 1. The van der Waals surface area contributed by atoms with E-state index in [1.807, 2.05) is 30.5 Å². The molecule has 1 aromatic carbocycles. The van der Waals surface area contributed by atoms with Gasteiger partial charge in [0.15, 0.2) is 0 Å². The van der Waals surface area contributed by atoms with Gasteiger partial charge in [-0.1, -0.05) is 36.3 Å². The first-order chi connectivity index (χ1) is 11.2. The molecule has 6 heteroatoms. The first-order valence-corrected chi connectivity index (χ1v) is 8.65. The maximum absolute atomic E-state index is 11.8. The van der Waals surface area contributed by atoms with Gasteiger partial charge in [0.2, 0.25) is 0 Å². The Bertz CT molecular complexity index is 663. The number of amides is 2. The number of urea groups is 1. The van der Waals surface area contributed by atoms with Gasteiger partial charge >= 0.3 is 6.03 Å². The van der Waals surface area contributed by atoms with E-state index >= 15 is 0 Å². The molecular formula is C17H21N3O2S. The van der Waals surface area contributed by atoms with Gasteiger partial charge in [0, 0.05) is 29.2 Å². The van der Waals surface area contributed by atoms with E-state index in [0.717, 1.165) is 29.8 Å². The van der Waals surface area contributed by atoms with Crippen molar-refractivity contribution in [3.05, 3.63) is 40.9 Å². The van der Waals surface area contributed by atoms with Crippen LogP contribution in [0.1, 0.15) is 36.1 Å². The average molecular weight is 331 g/mol. The zero-order valence-electron chi connectivity index (χ0n) is 13.2. The molecule has 1 aliphatic carbocycles. The molecule has 2 aromatic rings. The Morgan fingerprint density at radius 3 is 2.61 bits per heavy atom. The third kappa shape index (κ3) is 3.64.